The Morgan fingerprint density at radius 1 is 1.26 bits per heavy atom. The number of amides is 1. The van der Waals surface area contributed by atoms with E-state index in [9.17, 15) is 9.18 Å². The predicted octanol–water partition coefficient (Wildman–Crippen LogP) is 2.65. The molecule has 0 heterocycles. The van der Waals surface area contributed by atoms with Gasteiger partial charge in [-0.15, -0.1) is 0 Å². The van der Waals surface area contributed by atoms with Crippen LogP contribution in [0.5, 0.6) is 0 Å². The zero-order valence-corrected chi connectivity index (χ0v) is 10.6. The lowest BCUT2D eigenvalue weighted by Crippen LogP contribution is -2.24. The van der Waals surface area contributed by atoms with E-state index in [0.29, 0.717) is 17.8 Å². The molecule has 0 aliphatic heterocycles. The second-order valence-corrected chi connectivity index (χ2v) is 4.37. The molecule has 0 bridgehead atoms. The number of benzene rings is 2. The normalized spacial score (nSPS) is 10.2. The molecule has 0 spiro atoms. The van der Waals surface area contributed by atoms with Crippen molar-refractivity contribution in [2.24, 2.45) is 0 Å². The highest BCUT2D eigenvalue weighted by Crippen LogP contribution is 2.17. The van der Waals surface area contributed by atoms with Crippen molar-refractivity contribution in [1.82, 2.24) is 5.32 Å². The number of nitrogen functional groups attached to an aromatic ring is 1. The number of nitrogens with one attached hydrogen (secondary N) is 1. The minimum atomic E-state index is -0.528. The maximum Gasteiger partial charge on any atom is 0.254 e. The molecule has 1 amide bonds. The molecular weight excluding hydrogens is 243 g/mol. The van der Waals surface area contributed by atoms with Crippen molar-refractivity contribution < 1.29 is 9.18 Å². The average Bonchev–Trinajstić information content (AvgIpc) is 2.41. The number of carbonyl (C=O) groups excluding carboxylic acids is 1. The van der Waals surface area contributed by atoms with Gasteiger partial charge in [0.15, 0.2) is 0 Å². The maximum absolute atomic E-state index is 13.8. The van der Waals surface area contributed by atoms with Crippen LogP contribution in [0.4, 0.5) is 10.1 Å². The van der Waals surface area contributed by atoms with E-state index in [1.165, 1.54) is 12.1 Å². The van der Waals surface area contributed by atoms with E-state index < -0.39 is 11.7 Å². The van der Waals surface area contributed by atoms with E-state index in [0.717, 1.165) is 5.56 Å². The molecule has 2 aromatic carbocycles. The second-order valence-electron chi connectivity index (χ2n) is 4.37. The van der Waals surface area contributed by atoms with Crippen molar-refractivity contribution in [3.63, 3.8) is 0 Å². The predicted molar refractivity (Wildman–Crippen MR) is 73.2 cm³/mol. The lowest BCUT2D eigenvalue weighted by atomic mass is 10.1. The summed E-state index contributed by atoms with van der Waals surface area (Å²) >= 11 is 0. The quantitative estimate of drug-likeness (QED) is 0.831. The molecule has 19 heavy (non-hydrogen) atoms. The summed E-state index contributed by atoms with van der Waals surface area (Å²) in [5.74, 6) is -0.989. The van der Waals surface area contributed by atoms with Crippen molar-refractivity contribution in [2.75, 3.05) is 5.73 Å². The first-order chi connectivity index (χ1) is 9.08. The summed E-state index contributed by atoms with van der Waals surface area (Å²) in [6.07, 6.45) is 0. The fraction of sp³-hybridized carbons (Fsp3) is 0.133. The number of hydrogen-bond donors (Lipinski definition) is 2. The summed E-state index contributed by atoms with van der Waals surface area (Å²) in [5.41, 5.74) is 7.31. The number of carbonyl (C=O) groups is 1. The van der Waals surface area contributed by atoms with Gasteiger partial charge in [0.25, 0.3) is 5.91 Å². The monoisotopic (exact) mass is 258 g/mol. The molecule has 0 radical (unpaired) electrons. The van der Waals surface area contributed by atoms with E-state index in [2.05, 4.69) is 5.32 Å². The Morgan fingerprint density at radius 3 is 2.63 bits per heavy atom. The van der Waals surface area contributed by atoms with Gasteiger partial charge in [0.1, 0.15) is 5.82 Å². The van der Waals surface area contributed by atoms with E-state index in [-0.39, 0.29) is 5.56 Å². The molecule has 0 saturated heterocycles. The van der Waals surface area contributed by atoms with Crippen LogP contribution in [0, 0.1) is 12.7 Å². The van der Waals surface area contributed by atoms with Crippen molar-refractivity contribution in [1.29, 1.82) is 0 Å². The third-order valence-electron chi connectivity index (χ3n) is 2.82. The summed E-state index contributed by atoms with van der Waals surface area (Å²) in [4.78, 5) is 11.9. The van der Waals surface area contributed by atoms with E-state index in [1.807, 2.05) is 30.3 Å². The topological polar surface area (TPSA) is 55.1 Å². The van der Waals surface area contributed by atoms with Crippen LogP contribution in [0.1, 0.15) is 21.5 Å². The van der Waals surface area contributed by atoms with Crippen LogP contribution in [0.15, 0.2) is 42.5 Å². The van der Waals surface area contributed by atoms with Crippen molar-refractivity contribution in [3.05, 3.63) is 65.0 Å². The Labute approximate surface area is 111 Å². The highest BCUT2D eigenvalue weighted by Gasteiger charge is 2.14. The highest BCUT2D eigenvalue weighted by molar-refractivity contribution is 5.95. The number of halogens is 1. The molecule has 3 N–H and O–H groups in total. The van der Waals surface area contributed by atoms with Crippen LogP contribution in [-0.2, 0) is 6.54 Å². The fourth-order valence-corrected chi connectivity index (χ4v) is 1.84. The first kappa shape index (κ1) is 13.1. The Bertz CT molecular complexity index is 597. The Hall–Kier alpha value is -2.36. The van der Waals surface area contributed by atoms with E-state index in [4.69, 9.17) is 5.73 Å². The molecule has 98 valence electrons. The van der Waals surface area contributed by atoms with Crippen LogP contribution in [0.25, 0.3) is 0 Å². The molecule has 4 heteroatoms. The zero-order chi connectivity index (χ0) is 13.8. The number of aryl methyl sites for hydroxylation is 1. The summed E-state index contributed by atoms with van der Waals surface area (Å²) in [5, 5.41) is 2.68. The van der Waals surface area contributed by atoms with Gasteiger partial charge in [-0.05, 0) is 30.2 Å². The summed E-state index contributed by atoms with van der Waals surface area (Å²) < 4.78 is 13.8. The van der Waals surface area contributed by atoms with Crippen LogP contribution < -0.4 is 11.1 Å². The van der Waals surface area contributed by atoms with Gasteiger partial charge >= 0.3 is 0 Å². The van der Waals surface area contributed by atoms with Gasteiger partial charge in [0.05, 0.1) is 5.56 Å². The van der Waals surface area contributed by atoms with Crippen LogP contribution in [0.3, 0.4) is 0 Å². The van der Waals surface area contributed by atoms with Gasteiger partial charge in [0.2, 0.25) is 0 Å². The highest BCUT2D eigenvalue weighted by atomic mass is 19.1. The largest absolute Gasteiger partial charge is 0.399 e. The number of hydrogen-bond acceptors (Lipinski definition) is 2. The standard InChI is InChI=1S/C15H15FN2O/c1-10-7-12(17)8-13(14(10)16)15(19)18-9-11-5-3-2-4-6-11/h2-8H,9,17H2,1H3,(H,18,19). The zero-order valence-electron chi connectivity index (χ0n) is 10.6. The van der Waals surface area contributed by atoms with Crippen molar-refractivity contribution in [2.45, 2.75) is 13.5 Å². The van der Waals surface area contributed by atoms with Crippen molar-refractivity contribution in [3.8, 4) is 0 Å². The minimum Gasteiger partial charge on any atom is -0.399 e. The molecule has 0 fully saturated rings. The Morgan fingerprint density at radius 2 is 1.95 bits per heavy atom. The van der Waals surface area contributed by atoms with Gasteiger partial charge in [-0.1, -0.05) is 30.3 Å². The molecule has 0 atom stereocenters. The molecule has 2 aromatic rings. The third kappa shape index (κ3) is 3.10. The SMILES string of the molecule is Cc1cc(N)cc(C(=O)NCc2ccccc2)c1F. The Balaban J connectivity index is 2.13. The summed E-state index contributed by atoms with van der Waals surface area (Å²) in [6.45, 7) is 1.94. The molecule has 0 unspecified atom stereocenters. The lowest BCUT2D eigenvalue weighted by molar-refractivity contribution is 0.0946. The third-order valence-corrected chi connectivity index (χ3v) is 2.82. The number of anilines is 1. The smallest absolute Gasteiger partial charge is 0.254 e. The van der Waals surface area contributed by atoms with Gasteiger partial charge in [0, 0.05) is 12.2 Å². The van der Waals surface area contributed by atoms with Gasteiger partial charge in [-0.3, -0.25) is 4.79 Å². The first-order valence-corrected chi connectivity index (χ1v) is 5.95. The second kappa shape index (κ2) is 5.52. The van der Waals surface area contributed by atoms with E-state index >= 15 is 0 Å². The number of rotatable bonds is 3. The Kier molecular flexibility index (Phi) is 3.80. The first-order valence-electron chi connectivity index (χ1n) is 5.95. The fourth-order valence-electron chi connectivity index (χ4n) is 1.84. The van der Waals surface area contributed by atoms with Crippen LogP contribution in [-0.4, -0.2) is 5.91 Å². The van der Waals surface area contributed by atoms with Crippen molar-refractivity contribution >= 4 is 11.6 Å². The molecule has 0 aromatic heterocycles. The minimum absolute atomic E-state index is 0.0200. The van der Waals surface area contributed by atoms with Gasteiger partial charge < -0.3 is 11.1 Å². The molecule has 3 nitrogen and oxygen atoms in total. The number of nitrogens with two attached hydrogens (primary N) is 1. The molecule has 2 rings (SSSR count). The summed E-state index contributed by atoms with van der Waals surface area (Å²) in [6, 6.07) is 12.3. The summed E-state index contributed by atoms with van der Waals surface area (Å²) in [7, 11) is 0. The van der Waals surface area contributed by atoms with Gasteiger partial charge in [-0.2, -0.15) is 0 Å². The van der Waals surface area contributed by atoms with Gasteiger partial charge in [-0.25, -0.2) is 4.39 Å². The maximum atomic E-state index is 13.8. The molecule has 0 aliphatic rings. The van der Waals surface area contributed by atoms with E-state index in [1.54, 1.807) is 6.92 Å². The lowest BCUT2D eigenvalue weighted by Gasteiger charge is -2.08. The van der Waals surface area contributed by atoms with Crippen LogP contribution >= 0.6 is 0 Å². The molecule has 0 saturated carbocycles. The average molecular weight is 258 g/mol. The molecular formula is C15H15FN2O. The molecule has 0 aliphatic carbocycles. The van der Waals surface area contributed by atoms with Crippen LogP contribution in [0.2, 0.25) is 0 Å².